The standard InChI is InChI=1S/C16H18N2O2/c1-16(2)7-8-18(10-16)14-11-5-3-4-6-13(11)17-9-12(14)15(19)20/h3-6,9H,7-8,10H2,1-2H3,(H,19,20). The van der Waals surface area contributed by atoms with Gasteiger partial charge in [-0.3, -0.25) is 4.98 Å². The molecular formula is C16H18N2O2. The molecular weight excluding hydrogens is 252 g/mol. The van der Waals surface area contributed by atoms with Crippen LogP contribution in [0.1, 0.15) is 30.6 Å². The summed E-state index contributed by atoms with van der Waals surface area (Å²) < 4.78 is 0. The Kier molecular flexibility index (Phi) is 2.89. The minimum Gasteiger partial charge on any atom is -0.478 e. The van der Waals surface area contributed by atoms with Crippen molar-refractivity contribution in [2.75, 3.05) is 18.0 Å². The molecule has 1 aromatic heterocycles. The van der Waals surface area contributed by atoms with E-state index in [0.717, 1.165) is 36.1 Å². The highest BCUT2D eigenvalue weighted by Crippen LogP contribution is 2.37. The summed E-state index contributed by atoms with van der Waals surface area (Å²) in [6, 6.07) is 7.73. The molecule has 0 bridgehead atoms. The zero-order valence-corrected chi connectivity index (χ0v) is 11.8. The number of rotatable bonds is 2. The van der Waals surface area contributed by atoms with Gasteiger partial charge in [-0.1, -0.05) is 32.0 Å². The molecule has 4 nitrogen and oxygen atoms in total. The second-order valence-electron chi connectivity index (χ2n) is 6.18. The number of para-hydroxylation sites is 1. The number of nitrogens with zero attached hydrogens (tertiary/aromatic N) is 2. The van der Waals surface area contributed by atoms with Crippen LogP contribution in [-0.2, 0) is 0 Å². The third-order valence-electron chi connectivity index (χ3n) is 3.97. The predicted octanol–water partition coefficient (Wildman–Crippen LogP) is 3.17. The van der Waals surface area contributed by atoms with Crippen LogP contribution in [0.25, 0.3) is 10.9 Å². The van der Waals surface area contributed by atoms with E-state index < -0.39 is 5.97 Å². The van der Waals surface area contributed by atoms with Crippen LogP contribution in [-0.4, -0.2) is 29.1 Å². The lowest BCUT2D eigenvalue weighted by atomic mass is 9.93. The summed E-state index contributed by atoms with van der Waals surface area (Å²) in [6.45, 7) is 6.20. The Hall–Kier alpha value is -2.10. The third kappa shape index (κ3) is 2.11. The number of hydrogen-bond donors (Lipinski definition) is 1. The van der Waals surface area contributed by atoms with Gasteiger partial charge in [0.2, 0.25) is 0 Å². The van der Waals surface area contributed by atoms with Gasteiger partial charge in [-0.2, -0.15) is 0 Å². The number of aromatic nitrogens is 1. The monoisotopic (exact) mass is 270 g/mol. The van der Waals surface area contributed by atoms with Gasteiger partial charge < -0.3 is 10.0 Å². The Morgan fingerprint density at radius 2 is 2.10 bits per heavy atom. The van der Waals surface area contributed by atoms with Crippen molar-refractivity contribution in [3.05, 3.63) is 36.0 Å². The topological polar surface area (TPSA) is 53.4 Å². The first kappa shape index (κ1) is 12.9. The van der Waals surface area contributed by atoms with Crippen molar-refractivity contribution >= 4 is 22.6 Å². The van der Waals surface area contributed by atoms with Crippen molar-refractivity contribution in [2.45, 2.75) is 20.3 Å². The van der Waals surface area contributed by atoms with Gasteiger partial charge in [0, 0.05) is 24.7 Å². The van der Waals surface area contributed by atoms with Crippen molar-refractivity contribution in [3.63, 3.8) is 0 Å². The Morgan fingerprint density at radius 1 is 1.35 bits per heavy atom. The molecule has 0 unspecified atom stereocenters. The van der Waals surface area contributed by atoms with Gasteiger partial charge in [0.25, 0.3) is 0 Å². The summed E-state index contributed by atoms with van der Waals surface area (Å²) in [5.41, 5.74) is 2.17. The highest BCUT2D eigenvalue weighted by atomic mass is 16.4. The lowest BCUT2D eigenvalue weighted by Gasteiger charge is -2.24. The number of carbonyl (C=O) groups is 1. The molecule has 1 saturated heterocycles. The maximum atomic E-state index is 11.5. The molecule has 0 radical (unpaired) electrons. The highest BCUT2D eigenvalue weighted by Gasteiger charge is 2.32. The average Bonchev–Trinajstić information content (AvgIpc) is 2.77. The fourth-order valence-corrected chi connectivity index (χ4v) is 2.93. The number of pyridine rings is 1. The number of benzene rings is 1. The number of anilines is 1. The molecule has 1 aliphatic heterocycles. The minimum absolute atomic E-state index is 0.222. The molecule has 1 N–H and O–H groups in total. The molecule has 0 aliphatic carbocycles. The summed E-state index contributed by atoms with van der Waals surface area (Å²) in [7, 11) is 0. The number of hydrogen-bond acceptors (Lipinski definition) is 3. The van der Waals surface area contributed by atoms with Crippen LogP contribution < -0.4 is 4.90 Å². The molecule has 4 heteroatoms. The van der Waals surface area contributed by atoms with E-state index >= 15 is 0 Å². The second-order valence-corrected chi connectivity index (χ2v) is 6.18. The molecule has 0 amide bonds. The molecule has 2 heterocycles. The van der Waals surface area contributed by atoms with Gasteiger partial charge in [0.1, 0.15) is 5.56 Å². The predicted molar refractivity (Wildman–Crippen MR) is 79.3 cm³/mol. The van der Waals surface area contributed by atoms with Gasteiger partial charge >= 0.3 is 5.97 Å². The summed E-state index contributed by atoms with van der Waals surface area (Å²) in [6.07, 6.45) is 2.55. The van der Waals surface area contributed by atoms with Crippen LogP contribution in [0.3, 0.4) is 0 Å². The molecule has 0 saturated carbocycles. The van der Waals surface area contributed by atoms with E-state index in [1.165, 1.54) is 6.20 Å². The fourth-order valence-electron chi connectivity index (χ4n) is 2.93. The van der Waals surface area contributed by atoms with Crippen LogP contribution in [0.2, 0.25) is 0 Å². The van der Waals surface area contributed by atoms with E-state index in [4.69, 9.17) is 0 Å². The van der Waals surface area contributed by atoms with Crippen LogP contribution in [0, 0.1) is 5.41 Å². The molecule has 0 atom stereocenters. The molecule has 104 valence electrons. The lowest BCUT2D eigenvalue weighted by Crippen LogP contribution is -2.25. The van der Waals surface area contributed by atoms with Crippen LogP contribution in [0.15, 0.2) is 30.5 Å². The number of carboxylic acid groups (broad SMARTS) is 1. The van der Waals surface area contributed by atoms with Gasteiger partial charge in [-0.25, -0.2) is 4.79 Å². The van der Waals surface area contributed by atoms with E-state index in [0.29, 0.717) is 5.56 Å². The Morgan fingerprint density at radius 3 is 2.75 bits per heavy atom. The largest absolute Gasteiger partial charge is 0.478 e. The zero-order valence-electron chi connectivity index (χ0n) is 11.8. The summed E-state index contributed by atoms with van der Waals surface area (Å²) in [4.78, 5) is 18.0. The number of fused-ring (bicyclic) bond motifs is 1. The zero-order chi connectivity index (χ0) is 14.3. The van der Waals surface area contributed by atoms with Crippen molar-refractivity contribution in [1.29, 1.82) is 0 Å². The number of aromatic carboxylic acids is 1. The molecule has 1 fully saturated rings. The van der Waals surface area contributed by atoms with E-state index in [1.807, 2.05) is 24.3 Å². The maximum Gasteiger partial charge on any atom is 0.339 e. The molecule has 3 rings (SSSR count). The quantitative estimate of drug-likeness (QED) is 0.910. The lowest BCUT2D eigenvalue weighted by molar-refractivity contribution is 0.0697. The Labute approximate surface area is 118 Å². The van der Waals surface area contributed by atoms with Gasteiger partial charge in [0.05, 0.1) is 11.2 Å². The normalized spacial score (nSPS) is 17.6. The number of carboxylic acids is 1. The van der Waals surface area contributed by atoms with Gasteiger partial charge in [0.15, 0.2) is 0 Å². The Balaban J connectivity index is 2.21. The molecule has 0 spiro atoms. The van der Waals surface area contributed by atoms with Crippen molar-refractivity contribution in [3.8, 4) is 0 Å². The summed E-state index contributed by atoms with van der Waals surface area (Å²) >= 11 is 0. The average molecular weight is 270 g/mol. The molecule has 20 heavy (non-hydrogen) atoms. The van der Waals surface area contributed by atoms with E-state index in [9.17, 15) is 9.90 Å². The van der Waals surface area contributed by atoms with Gasteiger partial charge in [-0.05, 0) is 17.9 Å². The van der Waals surface area contributed by atoms with Crippen LogP contribution in [0.5, 0.6) is 0 Å². The fraction of sp³-hybridized carbons (Fsp3) is 0.375. The first-order valence-electron chi connectivity index (χ1n) is 6.84. The minimum atomic E-state index is -0.914. The highest BCUT2D eigenvalue weighted by molar-refractivity contribution is 6.04. The first-order valence-corrected chi connectivity index (χ1v) is 6.84. The summed E-state index contributed by atoms with van der Waals surface area (Å²) in [5.74, 6) is -0.914. The Bertz CT molecular complexity index is 679. The SMILES string of the molecule is CC1(C)CCN(c2c(C(=O)O)cnc3ccccc23)C1. The van der Waals surface area contributed by atoms with Crippen molar-refractivity contribution < 1.29 is 9.90 Å². The van der Waals surface area contributed by atoms with Crippen LogP contribution >= 0.6 is 0 Å². The van der Waals surface area contributed by atoms with E-state index in [2.05, 4.69) is 23.7 Å². The van der Waals surface area contributed by atoms with E-state index in [1.54, 1.807) is 0 Å². The third-order valence-corrected chi connectivity index (χ3v) is 3.97. The van der Waals surface area contributed by atoms with Crippen molar-refractivity contribution in [1.82, 2.24) is 4.98 Å². The van der Waals surface area contributed by atoms with Crippen molar-refractivity contribution in [2.24, 2.45) is 5.41 Å². The first-order chi connectivity index (χ1) is 9.48. The summed E-state index contributed by atoms with van der Waals surface area (Å²) in [5, 5.41) is 10.4. The smallest absolute Gasteiger partial charge is 0.339 e. The molecule has 1 aromatic carbocycles. The molecule has 2 aromatic rings. The van der Waals surface area contributed by atoms with Crippen LogP contribution in [0.4, 0.5) is 5.69 Å². The molecule has 1 aliphatic rings. The van der Waals surface area contributed by atoms with E-state index in [-0.39, 0.29) is 5.41 Å². The van der Waals surface area contributed by atoms with Gasteiger partial charge in [-0.15, -0.1) is 0 Å². The maximum absolute atomic E-state index is 11.5. The second kappa shape index (κ2) is 4.47.